The van der Waals surface area contributed by atoms with Gasteiger partial charge in [0.2, 0.25) is 0 Å². The molecule has 1 heterocycles. The Kier molecular flexibility index (Phi) is 4.79. The average Bonchev–Trinajstić information content (AvgIpc) is 2.89. The van der Waals surface area contributed by atoms with E-state index >= 15 is 0 Å². The van der Waals surface area contributed by atoms with Crippen LogP contribution in [0.4, 0.5) is 0 Å². The number of aryl methyl sites for hydroxylation is 1. The van der Waals surface area contributed by atoms with Crippen molar-refractivity contribution in [1.82, 2.24) is 9.88 Å². The molecule has 0 saturated carbocycles. The van der Waals surface area contributed by atoms with Gasteiger partial charge in [-0.2, -0.15) is 0 Å². The number of nitrogens with zero attached hydrogens (tertiary/aromatic N) is 1. The van der Waals surface area contributed by atoms with Gasteiger partial charge in [-0.25, -0.2) is 0 Å². The number of hydrogen-bond acceptors (Lipinski definition) is 1. The van der Waals surface area contributed by atoms with Crippen LogP contribution in [0.2, 0.25) is 0 Å². The summed E-state index contributed by atoms with van der Waals surface area (Å²) in [5.41, 5.74) is 6.10. The Morgan fingerprint density at radius 1 is 1.33 bits per heavy atom. The maximum Gasteiger partial charge on any atom is 0.251 e. The summed E-state index contributed by atoms with van der Waals surface area (Å²) in [4.78, 5) is 12.2. The quantitative estimate of drug-likeness (QED) is 0.886. The van der Waals surface area contributed by atoms with Crippen molar-refractivity contribution >= 4 is 5.91 Å². The standard InChI is InChI=1S/C21H28N2O/c1-5-15(3)22-21(24)17-7-9-19(10-8-17)23-16(4)13-18-12-14(2)6-11-20(18)23/h7-10,13-15H,5-6,11-12H2,1-4H3,(H,22,24)/t14-,15-/m0/s1. The zero-order chi connectivity index (χ0) is 17.3. The van der Waals surface area contributed by atoms with Crippen LogP contribution in [0.15, 0.2) is 30.3 Å². The number of aromatic nitrogens is 1. The van der Waals surface area contributed by atoms with E-state index in [9.17, 15) is 4.79 Å². The molecular weight excluding hydrogens is 296 g/mol. The topological polar surface area (TPSA) is 34.0 Å². The van der Waals surface area contributed by atoms with Crippen molar-refractivity contribution in [2.24, 2.45) is 5.92 Å². The third-order valence-electron chi connectivity index (χ3n) is 5.20. The molecule has 0 unspecified atom stereocenters. The van der Waals surface area contributed by atoms with Gasteiger partial charge in [0.1, 0.15) is 0 Å². The van der Waals surface area contributed by atoms with Crippen molar-refractivity contribution in [1.29, 1.82) is 0 Å². The van der Waals surface area contributed by atoms with E-state index < -0.39 is 0 Å². The minimum absolute atomic E-state index is 0.0102. The SMILES string of the molecule is CC[C@H](C)NC(=O)c1ccc(-n2c(C)cc3c2CC[C@H](C)C3)cc1. The molecule has 3 nitrogen and oxygen atoms in total. The number of amides is 1. The molecular formula is C21H28N2O. The first kappa shape index (κ1) is 16.8. The molecule has 2 atom stereocenters. The Hall–Kier alpha value is -2.03. The van der Waals surface area contributed by atoms with Crippen molar-refractivity contribution in [3.05, 3.63) is 52.8 Å². The summed E-state index contributed by atoms with van der Waals surface area (Å²) < 4.78 is 2.36. The Balaban J connectivity index is 1.86. The van der Waals surface area contributed by atoms with Crippen molar-refractivity contribution < 1.29 is 4.79 Å². The smallest absolute Gasteiger partial charge is 0.251 e. The van der Waals surface area contributed by atoms with Crippen LogP contribution in [-0.2, 0) is 12.8 Å². The van der Waals surface area contributed by atoms with Crippen LogP contribution in [0.25, 0.3) is 5.69 Å². The lowest BCUT2D eigenvalue weighted by Crippen LogP contribution is -2.31. The number of fused-ring (bicyclic) bond motifs is 1. The molecule has 3 heteroatoms. The summed E-state index contributed by atoms with van der Waals surface area (Å²) in [7, 11) is 0. The van der Waals surface area contributed by atoms with Crippen LogP contribution in [0.3, 0.4) is 0 Å². The molecule has 0 fully saturated rings. The third-order valence-corrected chi connectivity index (χ3v) is 5.20. The van der Waals surface area contributed by atoms with Gasteiger partial charge in [0.05, 0.1) is 0 Å². The molecule has 0 spiro atoms. The van der Waals surface area contributed by atoms with Gasteiger partial charge in [-0.1, -0.05) is 13.8 Å². The van der Waals surface area contributed by atoms with E-state index in [-0.39, 0.29) is 11.9 Å². The fraction of sp³-hybridized carbons (Fsp3) is 0.476. The van der Waals surface area contributed by atoms with Crippen LogP contribution in [0.1, 0.15) is 60.9 Å². The number of carbonyl (C=O) groups excluding carboxylic acids is 1. The number of nitrogens with one attached hydrogen (secondary N) is 1. The highest BCUT2D eigenvalue weighted by atomic mass is 16.1. The Labute approximate surface area is 145 Å². The number of benzene rings is 1. The zero-order valence-corrected chi connectivity index (χ0v) is 15.2. The molecule has 1 N–H and O–H groups in total. The first-order valence-electron chi connectivity index (χ1n) is 9.11. The van der Waals surface area contributed by atoms with E-state index in [1.54, 1.807) is 0 Å². The molecule has 0 aliphatic heterocycles. The van der Waals surface area contributed by atoms with E-state index in [0.717, 1.165) is 30.0 Å². The number of hydrogen-bond donors (Lipinski definition) is 1. The van der Waals surface area contributed by atoms with Crippen molar-refractivity contribution in [3.8, 4) is 5.69 Å². The molecule has 1 aromatic heterocycles. The van der Waals surface area contributed by atoms with Crippen LogP contribution in [0, 0.1) is 12.8 Å². The molecule has 0 saturated heterocycles. The van der Waals surface area contributed by atoms with E-state index in [1.165, 1.54) is 29.8 Å². The fourth-order valence-electron chi connectivity index (χ4n) is 3.60. The maximum absolute atomic E-state index is 12.2. The molecule has 1 aromatic carbocycles. The summed E-state index contributed by atoms with van der Waals surface area (Å²) in [6.07, 6.45) is 4.52. The molecule has 3 rings (SSSR count). The molecule has 1 aliphatic rings. The third kappa shape index (κ3) is 3.26. The summed E-state index contributed by atoms with van der Waals surface area (Å²) in [6.45, 7) is 8.61. The second kappa shape index (κ2) is 6.84. The van der Waals surface area contributed by atoms with E-state index in [1.807, 2.05) is 19.1 Å². The van der Waals surface area contributed by atoms with Gasteiger partial charge in [-0.3, -0.25) is 4.79 Å². The summed E-state index contributed by atoms with van der Waals surface area (Å²) in [5.74, 6) is 0.787. The first-order valence-corrected chi connectivity index (χ1v) is 9.11. The van der Waals surface area contributed by atoms with Crippen LogP contribution >= 0.6 is 0 Å². The highest BCUT2D eigenvalue weighted by Gasteiger charge is 2.21. The summed E-state index contributed by atoms with van der Waals surface area (Å²) >= 11 is 0. The van der Waals surface area contributed by atoms with Crippen molar-refractivity contribution in [3.63, 3.8) is 0 Å². The predicted octanol–water partition coefficient (Wildman–Crippen LogP) is 4.44. The molecule has 128 valence electrons. The van der Waals surface area contributed by atoms with Crippen molar-refractivity contribution in [2.75, 3.05) is 0 Å². The molecule has 0 bridgehead atoms. The molecule has 24 heavy (non-hydrogen) atoms. The first-order chi connectivity index (χ1) is 11.5. The van der Waals surface area contributed by atoms with Gasteiger partial charge in [0.25, 0.3) is 5.91 Å². The van der Waals surface area contributed by atoms with Crippen LogP contribution < -0.4 is 5.32 Å². The number of rotatable bonds is 4. The second-order valence-corrected chi connectivity index (χ2v) is 7.27. The minimum Gasteiger partial charge on any atom is -0.350 e. The lowest BCUT2D eigenvalue weighted by Gasteiger charge is -2.21. The molecule has 1 aliphatic carbocycles. The maximum atomic E-state index is 12.2. The highest BCUT2D eigenvalue weighted by Crippen LogP contribution is 2.30. The van der Waals surface area contributed by atoms with Gasteiger partial charge in [-0.05, 0) is 81.3 Å². The molecule has 2 aromatic rings. The monoisotopic (exact) mass is 324 g/mol. The fourth-order valence-corrected chi connectivity index (χ4v) is 3.60. The minimum atomic E-state index is 0.0102. The van der Waals surface area contributed by atoms with E-state index in [4.69, 9.17) is 0 Å². The van der Waals surface area contributed by atoms with Crippen LogP contribution in [-0.4, -0.2) is 16.5 Å². The second-order valence-electron chi connectivity index (χ2n) is 7.27. The normalized spacial score (nSPS) is 18.1. The van der Waals surface area contributed by atoms with E-state index in [2.05, 4.69) is 48.9 Å². The Morgan fingerprint density at radius 3 is 2.71 bits per heavy atom. The van der Waals surface area contributed by atoms with Crippen molar-refractivity contribution in [2.45, 2.75) is 59.4 Å². The molecule has 0 radical (unpaired) electrons. The Bertz CT molecular complexity index is 727. The summed E-state index contributed by atoms with van der Waals surface area (Å²) in [6, 6.07) is 10.5. The van der Waals surface area contributed by atoms with Gasteiger partial charge in [-0.15, -0.1) is 0 Å². The van der Waals surface area contributed by atoms with E-state index in [0.29, 0.717) is 0 Å². The average molecular weight is 324 g/mol. The largest absolute Gasteiger partial charge is 0.350 e. The molecule has 1 amide bonds. The highest BCUT2D eigenvalue weighted by molar-refractivity contribution is 5.94. The lowest BCUT2D eigenvalue weighted by atomic mass is 9.89. The zero-order valence-electron chi connectivity index (χ0n) is 15.2. The lowest BCUT2D eigenvalue weighted by molar-refractivity contribution is 0.0939. The van der Waals surface area contributed by atoms with Gasteiger partial charge in [0.15, 0.2) is 0 Å². The van der Waals surface area contributed by atoms with Gasteiger partial charge < -0.3 is 9.88 Å². The predicted molar refractivity (Wildman–Crippen MR) is 98.9 cm³/mol. The Morgan fingerprint density at radius 2 is 2.04 bits per heavy atom. The van der Waals surface area contributed by atoms with Crippen LogP contribution in [0.5, 0.6) is 0 Å². The van der Waals surface area contributed by atoms with Gasteiger partial charge >= 0.3 is 0 Å². The van der Waals surface area contributed by atoms with Gasteiger partial charge in [0, 0.05) is 28.7 Å². The number of carbonyl (C=O) groups is 1. The summed E-state index contributed by atoms with van der Waals surface area (Å²) in [5, 5.41) is 3.02.